The van der Waals surface area contributed by atoms with Crippen LogP contribution in [0.25, 0.3) is 0 Å². The molecule has 1 amide bonds. The van der Waals surface area contributed by atoms with E-state index in [0.29, 0.717) is 43.7 Å². The standard InChI is InChI=1S/C21H31ClN2O2/c22-19-10-6-5-9-18(19)21(11-15-26-16-12-21)20(25)24-14-13-23-17-7-3-1-2-4-8-17/h5-6,9-10,17,23H,1-4,7-8,11-16H2,(H,24,25). The Morgan fingerprint density at radius 2 is 1.77 bits per heavy atom. The van der Waals surface area contributed by atoms with Gasteiger partial charge in [-0.1, -0.05) is 55.5 Å². The summed E-state index contributed by atoms with van der Waals surface area (Å²) in [6.07, 6.45) is 9.23. The molecule has 1 heterocycles. The first-order chi connectivity index (χ1) is 12.7. The van der Waals surface area contributed by atoms with Gasteiger partial charge in [0.05, 0.1) is 5.41 Å². The van der Waals surface area contributed by atoms with Gasteiger partial charge in [-0.15, -0.1) is 0 Å². The molecule has 26 heavy (non-hydrogen) atoms. The maximum Gasteiger partial charge on any atom is 0.230 e. The zero-order valence-corrected chi connectivity index (χ0v) is 16.3. The zero-order valence-electron chi connectivity index (χ0n) is 15.6. The molecular formula is C21H31ClN2O2. The van der Waals surface area contributed by atoms with Crippen molar-refractivity contribution >= 4 is 17.5 Å². The summed E-state index contributed by atoms with van der Waals surface area (Å²) in [5.74, 6) is 0.0802. The Morgan fingerprint density at radius 1 is 1.08 bits per heavy atom. The Balaban J connectivity index is 1.57. The number of carbonyl (C=O) groups is 1. The second-order valence-electron chi connectivity index (χ2n) is 7.57. The minimum atomic E-state index is -0.571. The van der Waals surface area contributed by atoms with Gasteiger partial charge in [-0.05, 0) is 37.3 Å². The topological polar surface area (TPSA) is 50.4 Å². The Kier molecular flexibility index (Phi) is 7.35. The summed E-state index contributed by atoms with van der Waals surface area (Å²) in [5, 5.41) is 7.44. The van der Waals surface area contributed by atoms with Crippen LogP contribution in [0.2, 0.25) is 5.02 Å². The quantitative estimate of drug-likeness (QED) is 0.584. The highest BCUT2D eigenvalue weighted by Crippen LogP contribution is 2.38. The lowest BCUT2D eigenvalue weighted by Crippen LogP contribution is -2.49. The fourth-order valence-electron chi connectivity index (χ4n) is 4.29. The molecule has 2 fully saturated rings. The molecule has 1 aliphatic heterocycles. The van der Waals surface area contributed by atoms with E-state index in [9.17, 15) is 4.79 Å². The van der Waals surface area contributed by atoms with E-state index in [4.69, 9.17) is 16.3 Å². The Morgan fingerprint density at radius 3 is 2.46 bits per heavy atom. The van der Waals surface area contributed by atoms with E-state index in [-0.39, 0.29) is 5.91 Å². The summed E-state index contributed by atoms with van der Waals surface area (Å²) in [6.45, 7) is 2.67. The smallest absolute Gasteiger partial charge is 0.230 e. The largest absolute Gasteiger partial charge is 0.381 e. The van der Waals surface area contributed by atoms with Crippen molar-refractivity contribution < 1.29 is 9.53 Å². The molecule has 1 aromatic carbocycles. The van der Waals surface area contributed by atoms with Gasteiger partial charge in [-0.25, -0.2) is 0 Å². The molecule has 0 unspecified atom stereocenters. The van der Waals surface area contributed by atoms with Crippen molar-refractivity contribution in [2.24, 2.45) is 0 Å². The van der Waals surface area contributed by atoms with Gasteiger partial charge in [0.2, 0.25) is 5.91 Å². The molecule has 1 saturated carbocycles. The van der Waals surface area contributed by atoms with Crippen LogP contribution < -0.4 is 10.6 Å². The van der Waals surface area contributed by atoms with E-state index >= 15 is 0 Å². The third-order valence-corrected chi connectivity index (χ3v) is 6.20. The van der Waals surface area contributed by atoms with Gasteiger partial charge in [-0.3, -0.25) is 4.79 Å². The summed E-state index contributed by atoms with van der Waals surface area (Å²) >= 11 is 6.44. The molecule has 3 rings (SSSR count). The van der Waals surface area contributed by atoms with Crippen molar-refractivity contribution in [1.82, 2.24) is 10.6 Å². The van der Waals surface area contributed by atoms with Crippen molar-refractivity contribution in [2.75, 3.05) is 26.3 Å². The zero-order chi connectivity index (χ0) is 18.2. The maximum atomic E-state index is 13.1. The SMILES string of the molecule is O=C(NCCNC1CCCCCC1)C1(c2ccccc2Cl)CCOCC1. The first-order valence-corrected chi connectivity index (χ1v) is 10.4. The highest BCUT2D eigenvalue weighted by atomic mass is 35.5. The molecular weight excluding hydrogens is 348 g/mol. The fraction of sp³-hybridized carbons (Fsp3) is 0.667. The van der Waals surface area contributed by atoms with E-state index in [2.05, 4.69) is 10.6 Å². The predicted molar refractivity (Wildman–Crippen MR) is 106 cm³/mol. The molecule has 1 aliphatic carbocycles. The maximum absolute atomic E-state index is 13.1. The molecule has 4 nitrogen and oxygen atoms in total. The first-order valence-electron chi connectivity index (χ1n) is 10.1. The summed E-state index contributed by atoms with van der Waals surface area (Å²) < 4.78 is 5.52. The third kappa shape index (κ3) is 4.79. The average molecular weight is 379 g/mol. The first kappa shape index (κ1) is 19.7. The monoisotopic (exact) mass is 378 g/mol. The van der Waals surface area contributed by atoms with Crippen LogP contribution in [0, 0.1) is 0 Å². The molecule has 2 N–H and O–H groups in total. The molecule has 0 aromatic heterocycles. The van der Waals surface area contributed by atoms with E-state index < -0.39 is 5.41 Å². The Hall–Kier alpha value is -1.10. The number of hydrogen-bond donors (Lipinski definition) is 2. The van der Waals surface area contributed by atoms with Crippen molar-refractivity contribution in [3.05, 3.63) is 34.9 Å². The highest BCUT2D eigenvalue weighted by Gasteiger charge is 2.42. The van der Waals surface area contributed by atoms with Crippen molar-refractivity contribution in [3.63, 3.8) is 0 Å². The van der Waals surface area contributed by atoms with Crippen LogP contribution in [-0.2, 0) is 14.9 Å². The summed E-state index contributed by atoms with van der Waals surface area (Å²) in [6, 6.07) is 8.33. The Bertz CT molecular complexity index is 579. The van der Waals surface area contributed by atoms with Gasteiger partial charge >= 0.3 is 0 Å². The van der Waals surface area contributed by atoms with Crippen LogP contribution in [0.5, 0.6) is 0 Å². The van der Waals surface area contributed by atoms with E-state index in [0.717, 1.165) is 12.1 Å². The van der Waals surface area contributed by atoms with Crippen molar-refractivity contribution in [1.29, 1.82) is 0 Å². The summed E-state index contributed by atoms with van der Waals surface area (Å²) in [5.41, 5.74) is 0.359. The molecule has 0 radical (unpaired) electrons. The highest BCUT2D eigenvalue weighted by molar-refractivity contribution is 6.31. The second kappa shape index (κ2) is 9.72. The lowest BCUT2D eigenvalue weighted by molar-refractivity contribution is -0.130. The number of nitrogens with one attached hydrogen (secondary N) is 2. The van der Waals surface area contributed by atoms with Crippen LogP contribution >= 0.6 is 11.6 Å². The minimum absolute atomic E-state index is 0.0802. The van der Waals surface area contributed by atoms with Gasteiger partial charge in [-0.2, -0.15) is 0 Å². The van der Waals surface area contributed by atoms with Crippen LogP contribution in [0.1, 0.15) is 56.9 Å². The van der Waals surface area contributed by atoms with Crippen LogP contribution in [0.3, 0.4) is 0 Å². The molecule has 1 aromatic rings. The summed E-state index contributed by atoms with van der Waals surface area (Å²) in [7, 11) is 0. The molecule has 144 valence electrons. The van der Waals surface area contributed by atoms with Crippen LogP contribution in [-0.4, -0.2) is 38.3 Å². The van der Waals surface area contributed by atoms with Gasteiger partial charge in [0, 0.05) is 37.4 Å². The molecule has 0 bridgehead atoms. The Labute approximate surface area is 162 Å². The molecule has 2 aliphatic rings. The number of benzene rings is 1. The minimum Gasteiger partial charge on any atom is -0.381 e. The van der Waals surface area contributed by atoms with Crippen LogP contribution in [0.15, 0.2) is 24.3 Å². The number of halogens is 1. The molecule has 5 heteroatoms. The lowest BCUT2D eigenvalue weighted by Gasteiger charge is -2.36. The predicted octanol–water partition coefficient (Wildman–Crippen LogP) is 3.82. The molecule has 0 atom stereocenters. The van der Waals surface area contributed by atoms with Gasteiger partial charge < -0.3 is 15.4 Å². The number of hydrogen-bond acceptors (Lipinski definition) is 3. The molecule has 1 saturated heterocycles. The van der Waals surface area contributed by atoms with Crippen LogP contribution in [0.4, 0.5) is 0 Å². The van der Waals surface area contributed by atoms with E-state index in [1.807, 2.05) is 24.3 Å². The van der Waals surface area contributed by atoms with Gasteiger partial charge in [0.15, 0.2) is 0 Å². The van der Waals surface area contributed by atoms with E-state index in [1.165, 1.54) is 38.5 Å². The summed E-state index contributed by atoms with van der Waals surface area (Å²) in [4.78, 5) is 13.1. The average Bonchev–Trinajstić information content (AvgIpc) is 2.95. The number of amides is 1. The van der Waals surface area contributed by atoms with Gasteiger partial charge in [0.25, 0.3) is 0 Å². The normalized spacial score (nSPS) is 21.1. The molecule has 0 spiro atoms. The van der Waals surface area contributed by atoms with E-state index in [1.54, 1.807) is 0 Å². The third-order valence-electron chi connectivity index (χ3n) is 5.87. The van der Waals surface area contributed by atoms with Crippen molar-refractivity contribution in [2.45, 2.75) is 62.8 Å². The number of carbonyl (C=O) groups excluding carboxylic acids is 1. The number of rotatable bonds is 6. The lowest BCUT2D eigenvalue weighted by atomic mass is 9.73. The van der Waals surface area contributed by atoms with Gasteiger partial charge in [0.1, 0.15) is 0 Å². The second-order valence-corrected chi connectivity index (χ2v) is 7.98. The fourth-order valence-corrected chi connectivity index (χ4v) is 4.61. The van der Waals surface area contributed by atoms with Crippen molar-refractivity contribution in [3.8, 4) is 0 Å². The number of ether oxygens (including phenoxy) is 1.